The van der Waals surface area contributed by atoms with Crippen LogP contribution in [-0.4, -0.2) is 29.0 Å². The zero-order valence-electron chi connectivity index (χ0n) is 11.8. The lowest BCUT2D eigenvalue weighted by Crippen LogP contribution is -2.06. The quantitative estimate of drug-likeness (QED) is 0.389. The number of nitrogens with zero attached hydrogens (tertiary/aromatic N) is 1. The van der Waals surface area contributed by atoms with Gasteiger partial charge in [0.2, 0.25) is 11.5 Å². The number of ether oxygens (including phenoxy) is 1. The molecular formula is C15H14FNO5. The van der Waals surface area contributed by atoms with Gasteiger partial charge >= 0.3 is 5.97 Å². The van der Waals surface area contributed by atoms with E-state index in [-0.39, 0.29) is 17.5 Å². The molecule has 1 aromatic rings. The first-order valence-electron chi connectivity index (χ1n) is 6.51. The first-order chi connectivity index (χ1) is 10.5. The summed E-state index contributed by atoms with van der Waals surface area (Å²) < 4.78 is 22.4. The minimum Gasteiger partial charge on any atom is -0.502 e. The van der Waals surface area contributed by atoms with Crippen LogP contribution in [0, 0.1) is 5.92 Å². The van der Waals surface area contributed by atoms with E-state index in [1.807, 2.05) is 0 Å². The molecule has 7 heteroatoms. The molecule has 0 radical (unpaired) electrons. The minimum atomic E-state index is -1.02. The molecule has 22 heavy (non-hydrogen) atoms. The Hall–Kier alpha value is -2.70. The highest BCUT2D eigenvalue weighted by atomic mass is 19.1. The van der Waals surface area contributed by atoms with Gasteiger partial charge < -0.3 is 14.3 Å². The van der Waals surface area contributed by atoms with Gasteiger partial charge in [-0.1, -0.05) is 6.08 Å². The van der Waals surface area contributed by atoms with E-state index in [4.69, 9.17) is 4.42 Å². The van der Waals surface area contributed by atoms with E-state index in [0.717, 1.165) is 7.11 Å². The molecular weight excluding hydrogens is 293 g/mol. The second-order valence-electron chi connectivity index (χ2n) is 4.65. The van der Waals surface area contributed by atoms with Crippen LogP contribution in [0.3, 0.4) is 0 Å². The molecule has 0 saturated heterocycles. The van der Waals surface area contributed by atoms with E-state index in [1.165, 1.54) is 18.3 Å². The van der Waals surface area contributed by atoms with E-state index in [0.29, 0.717) is 24.8 Å². The number of halogens is 1. The van der Waals surface area contributed by atoms with Crippen LogP contribution in [0.5, 0.6) is 0 Å². The Kier molecular flexibility index (Phi) is 4.88. The van der Waals surface area contributed by atoms with Crippen molar-refractivity contribution in [3.05, 3.63) is 53.7 Å². The van der Waals surface area contributed by atoms with Crippen LogP contribution in [0.25, 0.3) is 0 Å². The van der Waals surface area contributed by atoms with Gasteiger partial charge in [-0.25, -0.2) is 14.2 Å². The average Bonchev–Trinajstić information content (AvgIpc) is 2.97. The fourth-order valence-corrected chi connectivity index (χ4v) is 1.89. The van der Waals surface area contributed by atoms with Gasteiger partial charge in [0.1, 0.15) is 5.83 Å². The summed E-state index contributed by atoms with van der Waals surface area (Å²) in [7, 11) is 1.08. The summed E-state index contributed by atoms with van der Waals surface area (Å²) >= 11 is 0. The summed E-state index contributed by atoms with van der Waals surface area (Å²) in [5.41, 5.74) is 0. The first-order valence-corrected chi connectivity index (χ1v) is 6.51. The van der Waals surface area contributed by atoms with Crippen molar-refractivity contribution in [3.8, 4) is 0 Å². The van der Waals surface area contributed by atoms with Crippen LogP contribution >= 0.6 is 0 Å². The molecule has 1 heterocycles. The van der Waals surface area contributed by atoms with Gasteiger partial charge in [-0.05, 0) is 24.5 Å². The number of rotatable bonds is 5. The van der Waals surface area contributed by atoms with Crippen molar-refractivity contribution in [3.63, 3.8) is 0 Å². The molecule has 2 rings (SSSR count). The highest BCUT2D eigenvalue weighted by Crippen LogP contribution is 2.21. The maximum atomic E-state index is 12.8. The van der Waals surface area contributed by atoms with Gasteiger partial charge in [0, 0.05) is 12.5 Å². The van der Waals surface area contributed by atoms with Crippen LogP contribution in [0.1, 0.15) is 22.9 Å². The molecule has 0 bridgehead atoms. The molecule has 1 aromatic heterocycles. The lowest BCUT2D eigenvalue weighted by molar-refractivity contribution is -0.139. The van der Waals surface area contributed by atoms with Crippen molar-refractivity contribution in [2.75, 3.05) is 7.11 Å². The predicted molar refractivity (Wildman–Crippen MR) is 73.7 cm³/mol. The van der Waals surface area contributed by atoms with Crippen LogP contribution in [-0.2, 0) is 16.0 Å². The maximum absolute atomic E-state index is 12.8. The Balaban J connectivity index is 2.01. The van der Waals surface area contributed by atoms with Crippen molar-refractivity contribution >= 4 is 11.8 Å². The number of allylic oxidation sites excluding steroid dienone is 5. The molecule has 1 aliphatic carbocycles. The van der Waals surface area contributed by atoms with Crippen LogP contribution < -0.4 is 0 Å². The highest BCUT2D eigenvalue weighted by molar-refractivity contribution is 6.06. The average molecular weight is 307 g/mol. The number of aliphatic hydroxyl groups is 1. The largest absolute Gasteiger partial charge is 0.502 e. The minimum absolute atomic E-state index is 0.0418. The lowest BCUT2D eigenvalue weighted by atomic mass is 9.97. The first kappa shape index (κ1) is 15.7. The SMILES string of the molecule is COC(=O)/C(O)=C/C(=O)c1cnc(CC2C=CC(F)=CC2)o1. The molecule has 1 unspecified atom stereocenters. The molecule has 0 spiro atoms. The summed E-state index contributed by atoms with van der Waals surface area (Å²) in [5, 5.41) is 9.29. The number of aliphatic hydroxyl groups excluding tert-OH is 1. The van der Waals surface area contributed by atoms with Crippen molar-refractivity contribution < 1.29 is 28.2 Å². The Labute approximate surface area is 125 Å². The fraction of sp³-hybridized carbons (Fsp3) is 0.267. The predicted octanol–water partition coefficient (Wildman–Crippen LogP) is 2.44. The number of esters is 1. The standard InChI is InChI=1S/C15H14FNO5/c1-21-15(20)12(19)7-11(18)13-8-17-14(22-13)6-9-2-4-10(16)5-3-9/h2,4-5,7-9,19H,3,6H2,1H3/b12-7-. The molecule has 0 aromatic carbocycles. The number of carbonyl (C=O) groups excluding carboxylic acids is 2. The summed E-state index contributed by atoms with van der Waals surface area (Å²) in [4.78, 5) is 26.7. The number of carbonyl (C=O) groups is 2. The Bertz CT molecular complexity index is 671. The molecule has 1 atom stereocenters. The third-order valence-corrected chi connectivity index (χ3v) is 3.04. The van der Waals surface area contributed by atoms with Crippen LogP contribution in [0.15, 0.2) is 46.5 Å². The summed E-state index contributed by atoms with van der Waals surface area (Å²) in [6.07, 6.45) is 7.41. The zero-order chi connectivity index (χ0) is 16.1. The molecule has 0 amide bonds. The monoisotopic (exact) mass is 307 g/mol. The Morgan fingerprint density at radius 2 is 2.36 bits per heavy atom. The van der Waals surface area contributed by atoms with Crippen molar-refractivity contribution in [2.24, 2.45) is 5.92 Å². The van der Waals surface area contributed by atoms with Crippen molar-refractivity contribution in [2.45, 2.75) is 12.8 Å². The molecule has 0 aliphatic heterocycles. The number of hydrogen-bond acceptors (Lipinski definition) is 6. The number of methoxy groups -OCH3 is 1. The Morgan fingerprint density at radius 3 is 3.00 bits per heavy atom. The molecule has 1 N–H and O–H groups in total. The summed E-state index contributed by atoms with van der Waals surface area (Å²) in [5.74, 6) is -2.56. The molecule has 6 nitrogen and oxygen atoms in total. The maximum Gasteiger partial charge on any atom is 0.373 e. The topological polar surface area (TPSA) is 89.6 Å². The van der Waals surface area contributed by atoms with Crippen LogP contribution in [0.4, 0.5) is 4.39 Å². The van der Waals surface area contributed by atoms with E-state index in [9.17, 15) is 19.1 Å². The second kappa shape index (κ2) is 6.84. The van der Waals surface area contributed by atoms with E-state index in [2.05, 4.69) is 9.72 Å². The molecule has 0 saturated carbocycles. The highest BCUT2D eigenvalue weighted by Gasteiger charge is 2.17. The number of hydrogen-bond donors (Lipinski definition) is 1. The van der Waals surface area contributed by atoms with Crippen LogP contribution in [0.2, 0.25) is 0 Å². The zero-order valence-corrected chi connectivity index (χ0v) is 11.8. The van der Waals surface area contributed by atoms with Gasteiger partial charge in [0.05, 0.1) is 13.3 Å². The third kappa shape index (κ3) is 3.91. The third-order valence-electron chi connectivity index (χ3n) is 3.04. The lowest BCUT2D eigenvalue weighted by Gasteiger charge is -2.10. The van der Waals surface area contributed by atoms with Crippen molar-refractivity contribution in [1.29, 1.82) is 0 Å². The second-order valence-corrected chi connectivity index (χ2v) is 4.65. The summed E-state index contributed by atoms with van der Waals surface area (Å²) in [6.45, 7) is 0. The summed E-state index contributed by atoms with van der Waals surface area (Å²) in [6, 6.07) is 0. The molecule has 0 fully saturated rings. The molecule has 1 aliphatic rings. The fourth-order valence-electron chi connectivity index (χ4n) is 1.89. The van der Waals surface area contributed by atoms with Gasteiger partial charge in [0.25, 0.3) is 0 Å². The smallest absolute Gasteiger partial charge is 0.373 e. The van der Waals surface area contributed by atoms with E-state index in [1.54, 1.807) is 6.08 Å². The number of aromatic nitrogens is 1. The van der Waals surface area contributed by atoms with E-state index < -0.39 is 17.5 Å². The van der Waals surface area contributed by atoms with Gasteiger partial charge in [-0.2, -0.15) is 0 Å². The van der Waals surface area contributed by atoms with Gasteiger partial charge in [-0.15, -0.1) is 0 Å². The Morgan fingerprint density at radius 1 is 1.59 bits per heavy atom. The van der Waals surface area contributed by atoms with Gasteiger partial charge in [-0.3, -0.25) is 4.79 Å². The number of ketones is 1. The number of oxazole rings is 1. The van der Waals surface area contributed by atoms with Crippen molar-refractivity contribution in [1.82, 2.24) is 4.98 Å². The van der Waals surface area contributed by atoms with E-state index >= 15 is 0 Å². The van der Waals surface area contributed by atoms with Gasteiger partial charge in [0.15, 0.2) is 11.7 Å². The normalized spacial score (nSPS) is 18.0. The molecule has 116 valence electrons.